The van der Waals surface area contributed by atoms with Gasteiger partial charge in [-0.25, -0.2) is 9.97 Å². The molecule has 0 bridgehead atoms. The zero-order chi connectivity index (χ0) is 56.7. The number of anilines is 3. The Kier molecular flexibility index (Phi) is 19.4. The summed E-state index contributed by atoms with van der Waals surface area (Å²) in [5.74, 6) is -3.35. The normalized spacial score (nSPS) is 18.5. The van der Waals surface area contributed by atoms with Gasteiger partial charge in [0.2, 0.25) is 0 Å². The second-order valence-corrected chi connectivity index (χ2v) is 22.6. The molecule has 0 radical (unpaired) electrons. The number of Topliss-reactive ketones (excluding diaryl/α,β-unsaturated/α-hetero) is 3. The van der Waals surface area contributed by atoms with Crippen molar-refractivity contribution in [1.82, 2.24) is 15.0 Å². The number of para-hydroxylation sites is 1. The molecular formula is C59H59Br2ClN6O9S. The number of thiazole rings is 1. The molecule has 6 heterocycles. The number of hydrogen-bond acceptors (Lipinski definition) is 13. The Labute approximate surface area is 478 Å². The van der Waals surface area contributed by atoms with E-state index in [1.165, 1.54) is 59.4 Å². The molecule has 3 aliphatic heterocycles. The third-order valence-corrected chi connectivity index (χ3v) is 15.8. The van der Waals surface area contributed by atoms with Crippen LogP contribution in [-0.4, -0.2) is 71.4 Å². The van der Waals surface area contributed by atoms with Gasteiger partial charge in [-0.2, -0.15) is 0 Å². The van der Waals surface area contributed by atoms with Crippen molar-refractivity contribution < 1.29 is 44.1 Å². The molecule has 1 aliphatic carbocycles. The number of benzene rings is 3. The van der Waals surface area contributed by atoms with Crippen LogP contribution in [0.1, 0.15) is 122 Å². The number of halogens is 3. The maximum Gasteiger partial charge on any atom is 0.296 e. The molecule has 3 unspecified atom stereocenters. The van der Waals surface area contributed by atoms with Gasteiger partial charge in [0.1, 0.15) is 5.82 Å². The molecule has 15 nitrogen and oxygen atoms in total. The summed E-state index contributed by atoms with van der Waals surface area (Å²) in [4.78, 5) is 91.5. The van der Waals surface area contributed by atoms with E-state index in [0.29, 0.717) is 33.1 Å². The average molecular weight is 1220 g/mol. The highest BCUT2D eigenvalue weighted by Crippen LogP contribution is 2.45. The standard InChI is InChI=1S/C22H20N2O3S.C17H12Br2N2O3.C17H19ClN2O3.C3H8/c1-12(2)14-8-10-15(11-9-14)19-18(13(3)25)20(26)21(27)24(19)22-23-16-6-4-5-7-17(16)28-22;1-9(22)14-15(10-2-4-11(18)5-3-10)21(17(24)16(14)23)13-7-6-12(19)8-20-13;1-10(21)14-15(11-5-3-2-4-6-11)20(17(23)16(14)22)13-9-19-8-7-12(13)18;1-3-2/h4-12,19,26H,1-3H3;2-8,15,23H,1H3;7-9,11,15,22H,2-6H2,1H3;3H2,1-2H3. The fraction of sp³-hybridized carbons (Fsp3) is 0.305. The molecule has 1 saturated carbocycles. The number of aromatic nitrogens is 3. The highest BCUT2D eigenvalue weighted by atomic mass is 79.9. The van der Waals surface area contributed by atoms with Crippen LogP contribution in [-0.2, 0) is 28.8 Å². The Morgan fingerprint density at radius 1 is 0.667 bits per heavy atom. The monoisotopic (exact) mass is 1220 g/mol. The second kappa shape index (κ2) is 25.7. The summed E-state index contributed by atoms with van der Waals surface area (Å²) in [6, 6.07) is 25.8. The molecule has 3 amide bonds. The molecule has 19 heteroatoms. The number of aliphatic hydroxyl groups excluding tert-OH is 3. The number of nitrogens with zero attached hydrogens (tertiary/aromatic N) is 6. The number of amides is 3. The zero-order valence-electron chi connectivity index (χ0n) is 44.0. The van der Waals surface area contributed by atoms with Crippen LogP contribution in [0.3, 0.4) is 0 Å². The topological polar surface area (TPSA) is 212 Å². The number of ketones is 3. The van der Waals surface area contributed by atoms with Crippen LogP contribution in [0.25, 0.3) is 10.2 Å². The lowest BCUT2D eigenvalue weighted by molar-refractivity contribution is -0.118. The van der Waals surface area contributed by atoms with E-state index >= 15 is 0 Å². The number of hydrogen-bond donors (Lipinski definition) is 3. The van der Waals surface area contributed by atoms with Gasteiger partial charge in [-0.3, -0.25) is 48.5 Å². The summed E-state index contributed by atoms with van der Waals surface area (Å²) in [6.07, 6.45) is 11.0. The summed E-state index contributed by atoms with van der Waals surface area (Å²) >= 11 is 14.3. The van der Waals surface area contributed by atoms with Crippen molar-refractivity contribution in [3.63, 3.8) is 0 Å². The maximum atomic E-state index is 12.9. The summed E-state index contributed by atoms with van der Waals surface area (Å²) < 4.78 is 2.58. The van der Waals surface area contributed by atoms with Gasteiger partial charge in [0, 0.05) is 21.3 Å². The summed E-state index contributed by atoms with van der Waals surface area (Å²) in [7, 11) is 0. The van der Waals surface area contributed by atoms with E-state index in [2.05, 4.69) is 74.5 Å². The molecule has 0 saturated heterocycles. The molecule has 406 valence electrons. The smallest absolute Gasteiger partial charge is 0.296 e. The molecule has 78 heavy (non-hydrogen) atoms. The van der Waals surface area contributed by atoms with E-state index in [4.69, 9.17) is 11.6 Å². The van der Waals surface area contributed by atoms with E-state index in [9.17, 15) is 44.1 Å². The minimum absolute atomic E-state index is 0.0760. The van der Waals surface area contributed by atoms with Crippen LogP contribution in [0.4, 0.5) is 16.6 Å². The lowest BCUT2D eigenvalue weighted by Crippen LogP contribution is -2.42. The first kappa shape index (κ1) is 58.8. The van der Waals surface area contributed by atoms with Crippen LogP contribution < -0.4 is 14.7 Å². The number of carbonyl (C=O) groups excluding carboxylic acids is 6. The Balaban J connectivity index is 0.000000166. The highest BCUT2D eigenvalue weighted by molar-refractivity contribution is 9.10. The Bertz CT molecular complexity index is 3320. The predicted molar refractivity (Wildman–Crippen MR) is 311 cm³/mol. The van der Waals surface area contributed by atoms with Crippen molar-refractivity contribution in [2.75, 3.05) is 14.7 Å². The van der Waals surface area contributed by atoms with E-state index in [1.54, 1.807) is 42.7 Å². The minimum atomic E-state index is -0.711. The van der Waals surface area contributed by atoms with Crippen LogP contribution in [0.5, 0.6) is 0 Å². The quantitative estimate of drug-likeness (QED) is 0.117. The molecule has 3 aromatic heterocycles. The highest BCUT2D eigenvalue weighted by Gasteiger charge is 2.48. The Hall–Kier alpha value is -6.86. The van der Waals surface area contributed by atoms with Crippen LogP contribution >= 0.6 is 54.8 Å². The molecule has 3 aromatic carbocycles. The second-order valence-electron chi connectivity index (χ2n) is 19.3. The largest absolute Gasteiger partial charge is 0.503 e. The van der Waals surface area contributed by atoms with Gasteiger partial charge < -0.3 is 15.3 Å². The average Bonchev–Trinajstić information content (AvgIpc) is 4.16. The number of carbonyl (C=O) groups is 6. The predicted octanol–water partition coefficient (Wildman–Crippen LogP) is 13.9. The summed E-state index contributed by atoms with van der Waals surface area (Å²) in [5.41, 5.74) is 4.27. The molecule has 3 atom stereocenters. The maximum absolute atomic E-state index is 12.9. The molecule has 6 aromatic rings. The van der Waals surface area contributed by atoms with Gasteiger partial charge in [0.25, 0.3) is 17.7 Å². The van der Waals surface area contributed by atoms with E-state index < -0.39 is 53.1 Å². The number of pyridine rings is 2. The number of rotatable bonds is 10. The fourth-order valence-electron chi connectivity index (χ4n) is 9.88. The first-order valence-electron chi connectivity index (χ1n) is 25.5. The van der Waals surface area contributed by atoms with Crippen LogP contribution in [0, 0.1) is 5.92 Å². The van der Waals surface area contributed by atoms with Crippen molar-refractivity contribution in [3.8, 4) is 0 Å². The SMILES string of the molecule is CC(=O)C1=C(O)C(=O)N(c2ccc(Br)cn2)C1c1ccc(Br)cc1.CC(=O)C1=C(O)C(=O)N(c2cnccc2Cl)C1C1CCCCC1.CC(=O)C1=C(O)C(=O)N(c2nc3ccccc3s2)C1c1ccc(C(C)C)cc1.CCC. The Morgan fingerprint density at radius 2 is 1.18 bits per heavy atom. The molecular weight excluding hydrogens is 1160 g/mol. The zero-order valence-corrected chi connectivity index (χ0v) is 48.8. The van der Waals surface area contributed by atoms with Crippen molar-refractivity contribution >= 4 is 117 Å². The molecule has 4 aliphatic rings. The minimum Gasteiger partial charge on any atom is -0.503 e. The molecule has 0 spiro atoms. The van der Waals surface area contributed by atoms with Gasteiger partial charge >= 0.3 is 0 Å². The first-order chi connectivity index (χ1) is 37.2. The Morgan fingerprint density at radius 3 is 1.71 bits per heavy atom. The van der Waals surface area contributed by atoms with Crippen molar-refractivity contribution in [3.05, 3.63) is 174 Å². The lowest BCUT2D eigenvalue weighted by Gasteiger charge is -2.35. The summed E-state index contributed by atoms with van der Waals surface area (Å²) in [5, 5.41) is 31.8. The van der Waals surface area contributed by atoms with E-state index in [-0.39, 0.29) is 40.0 Å². The molecule has 10 rings (SSSR count). The van der Waals surface area contributed by atoms with Crippen molar-refractivity contribution in [2.45, 2.75) is 111 Å². The molecule has 1 fully saturated rings. The van der Waals surface area contributed by atoms with Crippen molar-refractivity contribution in [2.24, 2.45) is 5.92 Å². The lowest BCUT2D eigenvalue weighted by atomic mass is 9.80. The first-order valence-corrected chi connectivity index (χ1v) is 28.2. The van der Waals surface area contributed by atoms with Crippen LogP contribution in [0.15, 0.2) is 153 Å². The third-order valence-electron chi connectivity index (χ3n) is 13.5. The van der Waals surface area contributed by atoms with Crippen LogP contribution in [0.2, 0.25) is 5.02 Å². The molecule has 3 N–H and O–H groups in total. The fourth-order valence-corrected chi connectivity index (χ4v) is 11.6. The van der Waals surface area contributed by atoms with Gasteiger partial charge in [0.05, 0.1) is 62.0 Å². The van der Waals surface area contributed by atoms with E-state index in [1.807, 2.05) is 60.7 Å². The van der Waals surface area contributed by atoms with Gasteiger partial charge in [-0.15, -0.1) is 0 Å². The third kappa shape index (κ3) is 12.4. The van der Waals surface area contributed by atoms with Gasteiger partial charge in [-0.1, -0.05) is 141 Å². The van der Waals surface area contributed by atoms with Crippen molar-refractivity contribution in [1.29, 1.82) is 0 Å². The van der Waals surface area contributed by atoms with Gasteiger partial charge in [0.15, 0.2) is 39.8 Å². The number of aliphatic hydroxyl groups is 3. The van der Waals surface area contributed by atoms with Gasteiger partial charge in [-0.05, 0) is 121 Å². The van der Waals surface area contributed by atoms with E-state index in [0.717, 1.165) is 62.4 Å². The summed E-state index contributed by atoms with van der Waals surface area (Å²) in [6.45, 7) is 12.6. The number of fused-ring (bicyclic) bond motifs is 1.